The van der Waals surface area contributed by atoms with Crippen LogP contribution in [0.4, 0.5) is 0 Å². The highest BCUT2D eigenvalue weighted by Crippen LogP contribution is 2.24. The molecule has 18 heavy (non-hydrogen) atoms. The molecule has 4 heteroatoms. The maximum atomic E-state index is 12.5. The van der Waals surface area contributed by atoms with Crippen molar-refractivity contribution in [1.29, 1.82) is 0 Å². The van der Waals surface area contributed by atoms with E-state index < -0.39 is 0 Å². The van der Waals surface area contributed by atoms with E-state index >= 15 is 0 Å². The van der Waals surface area contributed by atoms with Gasteiger partial charge in [-0.1, -0.05) is 13.3 Å². The number of piperidine rings is 1. The van der Waals surface area contributed by atoms with Gasteiger partial charge in [0.25, 0.3) is 5.91 Å². The number of hydrogen-bond acceptors (Lipinski definition) is 2. The molecule has 0 aliphatic carbocycles. The molecule has 1 aliphatic rings. The molecular formula is C14H19BrN2O. The third-order valence-corrected chi connectivity index (χ3v) is 4.11. The molecule has 2 heterocycles. The molecule has 1 aromatic rings. The third kappa shape index (κ3) is 2.91. The Morgan fingerprint density at radius 1 is 1.56 bits per heavy atom. The number of rotatable bonds is 3. The van der Waals surface area contributed by atoms with Crippen molar-refractivity contribution in [3.05, 3.63) is 28.5 Å². The smallest absolute Gasteiger partial charge is 0.273 e. The second-order valence-corrected chi connectivity index (χ2v) is 5.62. The maximum absolute atomic E-state index is 12.5. The van der Waals surface area contributed by atoms with Crippen LogP contribution in [0.5, 0.6) is 0 Å². The fourth-order valence-corrected chi connectivity index (χ4v) is 3.00. The number of likely N-dealkylation sites (tertiary alicyclic amines) is 1. The summed E-state index contributed by atoms with van der Waals surface area (Å²) in [7, 11) is 0. The highest BCUT2D eigenvalue weighted by Gasteiger charge is 2.28. The van der Waals surface area contributed by atoms with Crippen molar-refractivity contribution >= 4 is 21.8 Å². The molecule has 98 valence electrons. The van der Waals surface area contributed by atoms with Crippen LogP contribution in [0.25, 0.3) is 0 Å². The largest absolute Gasteiger partial charge is 0.334 e. The van der Waals surface area contributed by atoms with Crippen molar-refractivity contribution in [2.24, 2.45) is 0 Å². The fraction of sp³-hybridized carbons (Fsp3) is 0.571. The predicted molar refractivity (Wildman–Crippen MR) is 75.5 cm³/mol. The van der Waals surface area contributed by atoms with Gasteiger partial charge in [-0.3, -0.25) is 4.79 Å². The minimum absolute atomic E-state index is 0.0700. The summed E-state index contributed by atoms with van der Waals surface area (Å²) in [6.45, 7) is 3.04. The minimum Gasteiger partial charge on any atom is -0.334 e. The van der Waals surface area contributed by atoms with Crippen molar-refractivity contribution < 1.29 is 4.79 Å². The van der Waals surface area contributed by atoms with E-state index in [0.717, 1.165) is 36.7 Å². The third-order valence-electron chi connectivity index (χ3n) is 3.47. The number of carbonyl (C=O) groups is 1. The molecule has 1 amide bonds. The van der Waals surface area contributed by atoms with Gasteiger partial charge in [-0.2, -0.15) is 0 Å². The Hall–Kier alpha value is -0.900. The lowest BCUT2D eigenvalue weighted by Gasteiger charge is -2.35. The van der Waals surface area contributed by atoms with E-state index in [2.05, 4.69) is 27.8 Å². The predicted octanol–water partition coefficient (Wildman–Crippen LogP) is 3.64. The minimum atomic E-state index is 0.0700. The van der Waals surface area contributed by atoms with Crippen molar-refractivity contribution in [3.8, 4) is 0 Å². The van der Waals surface area contributed by atoms with Crippen molar-refractivity contribution in [1.82, 2.24) is 9.88 Å². The van der Waals surface area contributed by atoms with Gasteiger partial charge in [-0.05, 0) is 53.7 Å². The van der Waals surface area contributed by atoms with Crippen LogP contribution < -0.4 is 0 Å². The van der Waals surface area contributed by atoms with E-state index in [0.29, 0.717) is 11.7 Å². The van der Waals surface area contributed by atoms with E-state index in [-0.39, 0.29) is 5.91 Å². The Morgan fingerprint density at radius 2 is 2.39 bits per heavy atom. The average Bonchev–Trinajstić information content (AvgIpc) is 2.40. The van der Waals surface area contributed by atoms with Gasteiger partial charge >= 0.3 is 0 Å². The summed E-state index contributed by atoms with van der Waals surface area (Å²) in [6, 6.07) is 4.10. The lowest BCUT2D eigenvalue weighted by molar-refractivity contribution is 0.0593. The van der Waals surface area contributed by atoms with E-state index in [4.69, 9.17) is 0 Å². The molecule has 0 saturated carbocycles. The Labute approximate surface area is 117 Å². The van der Waals surface area contributed by atoms with Crippen molar-refractivity contribution in [2.45, 2.75) is 45.1 Å². The Balaban J connectivity index is 2.18. The van der Waals surface area contributed by atoms with E-state index in [1.54, 1.807) is 6.20 Å². The number of halogens is 1. The van der Waals surface area contributed by atoms with Crippen LogP contribution in [0, 0.1) is 0 Å². The highest BCUT2D eigenvalue weighted by atomic mass is 79.9. The van der Waals surface area contributed by atoms with Crippen LogP contribution in [0.15, 0.2) is 22.8 Å². The van der Waals surface area contributed by atoms with E-state index in [9.17, 15) is 4.79 Å². The van der Waals surface area contributed by atoms with Crippen LogP contribution in [0.3, 0.4) is 0 Å². The van der Waals surface area contributed by atoms with Gasteiger partial charge in [-0.15, -0.1) is 0 Å². The highest BCUT2D eigenvalue weighted by molar-refractivity contribution is 9.10. The molecule has 1 aromatic heterocycles. The summed E-state index contributed by atoms with van der Waals surface area (Å²) in [5.74, 6) is 0.0700. The van der Waals surface area contributed by atoms with Gasteiger partial charge in [0.2, 0.25) is 0 Å². The number of amides is 1. The van der Waals surface area contributed by atoms with Gasteiger partial charge in [0.05, 0.1) is 0 Å². The van der Waals surface area contributed by atoms with Crippen LogP contribution in [-0.4, -0.2) is 28.4 Å². The average molecular weight is 311 g/mol. The standard InChI is InChI=1S/C14H19BrN2O/c1-2-6-11-7-3-4-10-17(11)14(18)13-12(15)8-5-9-16-13/h5,8-9,11H,2-4,6-7,10H2,1H3. The van der Waals surface area contributed by atoms with E-state index in [1.165, 1.54) is 6.42 Å². The number of nitrogens with zero attached hydrogens (tertiary/aromatic N) is 2. The second kappa shape index (κ2) is 6.32. The monoisotopic (exact) mass is 310 g/mol. The molecule has 1 unspecified atom stereocenters. The zero-order valence-electron chi connectivity index (χ0n) is 10.7. The number of hydrogen-bond donors (Lipinski definition) is 0. The molecule has 0 N–H and O–H groups in total. The molecule has 1 saturated heterocycles. The SMILES string of the molecule is CCCC1CCCCN1C(=O)c1ncccc1Br. The van der Waals surface area contributed by atoms with Crippen LogP contribution in [-0.2, 0) is 0 Å². The van der Waals surface area contributed by atoms with Crippen LogP contribution in [0.1, 0.15) is 49.5 Å². The topological polar surface area (TPSA) is 33.2 Å². The summed E-state index contributed by atoms with van der Waals surface area (Å²) in [6.07, 6.45) is 7.36. The first-order chi connectivity index (χ1) is 8.74. The quantitative estimate of drug-likeness (QED) is 0.854. The first-order valence-electron chi connectivity index (χ1n) is 6.65. The first-order valence-corrected chi connectivity index (χ1v) is 7.44. The van der Waals surface area contributed by atoms with Crippen LogP contribution in [0.2, 0.25) is 0 Å². The molecule has 1 atom stereocenters. The lowest BCUT2D eigenvalue weighted by Crippen LogP contribution is -2.44. The number of carbonyl (C=O) groups excluding carboxylic acids is 1. The summed E-state index contributed by atoms with van der Waals surface area (Å²) in [5, 5.41) is 0. The molecule has 1 aliphatic heterocycles. The van der Waals surface area contributed by atoms with E-state index in [1.807, 2.05) is 17.0 Å². The summed E-state index contributed by atoms with van der Waals surface area (Å²) in [4.78, 5) is 18.8. The molecule has 0 spiro atoms. The molecule has 1 fully saturated rings. The summed E-state index contributed by atoms with van der Waals surface area (Å²) < 4.78 is 0.788. The Morgan fingerprint density at radius 3 is 3.11 bits per heavy atom. The van der Waals surface area contributed by atoms with Crippen molar-refractivity contribution in [2.75, 3.05) is 6.54 Å². The normalized spacial score (nSPS) is 19.9. The molecule has 0 radical (unpaired) electrons. The van der Waals surface area contributed by atoms with Gasteiger partial charge in [0.15, 0.2) is 0 Å². The van der Waals surface area contributed by atoms with Gasteiger partial charge < -0.3 is 4.90 Å². The molecule has 0 aromatic carbocycles. The maximum Gasteiger partial charge on any atom is 0.273 e. The summed E-state index contributed by atoms with van der Waals surface area (Å²) >= 11 is 3.41. The molecule has 2 rings (SSSR count). The number of aromatic nitrogens is 1. The Kier molecular flexibility index (Phi) is 4.75. The summed E-state index contributed by atoms with van der Waals surface area (Å²) in [5.41, 5.74) is 0.542. The zero-order valence-corrected chi connectivity index (χ0v) is 12.3. The fourth-order valence-electron chi connectivity index (χ4n) is 2.58. The van der Waals surface area contributed by atoms with Crippen LogP contribution >= 0.6 is 15.9 Å². The second-order valence-electron chi connectivity index (χ2n) is 4.77. The molecule has 3 nitrogen and oxygen atoms in total. The Bertz CT molecular complexity index is 420. The van der Waals surface area contributed by atoms with Gasteiger partial charge in [-0.25, -0.2) is 4.98 Å². The lowest BCUT2D eigenvalue weighted by atomic mass is 9.98. The first kappa shape index (κ1) is 13.5. The molecule has 0 bridgehead atoms. The number of pyridine rings is 1. The van der Waals surface area contributed by atoms with Gasteiger partial charge in [0, 0.05) is 23.3 Å². The van der Waals surface area contributed by atoms with Gasteiger partial charge in [0.1, 0.15) is 5.69 Å². The van der Waals surface area contributed by atoms with Crippen molar-refractivity contribution in [3.63, 3.8) is 0 Å². The molecular weight excluding hydrogens is 292 g/mol. The zero-order chi connectivity index (χ0) is 13.0.